The molecule has 3 N–H and O–H groups in total. The zero-order valence-electron chi connectivity index (χ0n) is 13.5. The molecule has 0 fully saturated rings. The summed E-state index contributed by atoms with van der Waals surface area (Å²) in [5.41, 5.74) is 7.89. The van der Waals surface area contributed by atoms with Crippen molar-refractivity contribution in [3.8, 4) is 11.5 Å². The minimum absolute atomic E-state index is 0.205. The van der Waals surface area contributed by atoms with Crippen molar-refractivity contribution in [1.82, 2.24) is 0 Å². The lowest BCUT2D eigenvalue weighted by atomic mass is 10.2. The number of aryl methyl sites for hydroxylation is 2. The molecule has 0 bridgehead atoms. The number of rotatable bonds is 5. The van der Waals surface area contributed by atoms with E-state index in [1.54, 1.807) is 31.4 Å². The Morgan fingerprint density at radius 2 is 1.36 bits per heavy atom. The van der Waals surface area contributed by atoms with E-state index in [1.165, 1.54) is 11.1 Å². The molecule has 0 aromatic heterocycles. The van der Waals surface area contributed by atoms with Crippen LogP contribution in [0.5, 0.6) is 11.5 Å². The number of ether oxygens (including phenoxy) is 2. The molecule has 4 nitrogen and oxygen atoms in total. The summed E-state index contributed by atoms with van der Waals surface area (Å²) in [6.07, 6.45) is -0.614. The highest BCUT2D eigenvalue weighted by molar-refractivity contribution is 5.31. The van der Waals surface area contributed by atoms with E-state index < -0.39 is 6.10 Å². The second-order valence-electron chi connectivity index (χ2n) is 5.03. The predicted molar refractivity (Wildman–Crippen MR) is 89.5 cm³/mol. The van der Waals surface area contributed by atoms with Gasteiger partial charge in [0, 0.05) is 6.54 Å². The van der Waals surface area contributed by atoms with Gasteiger partial charge in [0.05, 0.1) is 7.11 Å². The van der Waals surface area contributed by atoms with Crippen LogP contribution in [0.2, 0.25) is 0 Å². The molecule has 0 amide bonds. The third-order valence-electron chi connectivity index (χ3n) is 2.99. The largest absolute Gasteiger partial charge is 0.497 e. The number of aliphatic hydroxyl groups is 1. The zero-order chi connectivity index (χ0) is 16.4. The summed E-state index contributed by atoms with van der Waals surface area (Å²) < 4.78 is 10.3. The fourth-order valence-electron chi connectivity index (χ4n) is 1.57. The first-order valence-corrected chi connectivity index (χ1v) is 7.23. The lowest BCUT2D eigenvalue weighted by molar-refractivity contribution is 0.114. The van der Waals surface area contributed by atoms with Gasteiger partial charge in [0.25, 0.3) is 0 Å². The van der Waals surface area contributed by atoms with Crippen molar-refractivity contribution in [3.05, 3.63) is 59.7 Å². The first-order chi connectivity index (χ1) is 10.5. The highest BCUT2D eigenvalue weighted by Crippen LogP contribution is 2.16. The molecule has 22 heavy (non-hydrogen) atoms. The van der Waals surface area contributed by atoms with Gasteiger partial charge in [0.2, 0.25) is 0 Å². The highest BCUT2D eigenvalue weighted by atomic mass is 16.5. The Bertz CT molecular complexity index is 502. The number of nitrogens with two attached hydrogens (primary N) is 1. The molecule has 2 aromatic rings. The van der Waals surface area contributed by atoms with Crippen LogP contribution < -0.4 is 15.2 Å². The molecule has 1 atom stereocenters. The first kappa shape index (κ1) is 18.0. The van der Waals surface area contributed by atoms with Crippen LogP contribution in [-0.4, -0.2) is 31.5 Å². The third kappa shape index (κ3) is 7.11. The Hall–Kier alpha value is -2.04. The Morgan fingerprint density at radius 1 is 0.909 bits per heavy atom. The Balaban J connectivity index is 0.000000255. The second-order valence-corrected chi connectivity index (χ2v) is 5.03. The van der Waals surface area contributed by atoms with Crippen molar-refractivity contribution in [1.29, 1.82) is 0 Å². The van der Waals surface area contributed by atoms with Crippen molar-refractivity contribution < 1.29 is 14.6 Å². The fraction of sp³-hybridized carbons (Fsp3) is 0.333. The van der Waals surface area contributed by atoms with Gasteiger partial charge in [-0.15, -0.1) is 0 Å². The average molecular weight is 303 g/mol. The summed E-state index contributed by atoms with van der Waals surface area (Å²) in [6, 6.07) is 15.6. The SMILES string of the molecule is COc1ccc(OCC(O)CN)cc1.Cc1ccc(C)cc1. The first-order valence-electron chi connectivity index (χ1n) is 7.23. The standard InChI is InChI=1S/C10H15NO3.C8H10/c1-13-9-2-4-10(5-3-9)14-7-8(12)6-11;1-7-3-5-8(2)6-4-7/h2-5,8,12H,6-7,11H2,1H3;3-6H,1-2H3. The van der Waals surface area contributed by atoms with E-state index in [9.17, 15) is 0 Å². The van der Waals surface area contributed by atoms with Crippen molar-refractivity contribution in [2.75, 3.05) is 20.3 Å². The van der Waals surface area contributed by atoms with Crippen molar-refractivity contribution in [2.45, 2.75) is 20.0 Å². The Kier molecular flexibility index (Phi) is 8.04. The van der Waals surface area contributed by atoms with Crippen molar-refractivity contribution in [2.24, 2.45) is 5.73 Å². The van der Waals surface area contributed by atoms with Crippen LogP contribution in [0, 0.1) is 13.8 Å². The Morgan fingerprint density at radius 3 is 1.77 bits per heavy atom. The molecule has 0 heterocycles. The van der Waals surface area contributed by atoms with Gasteiger partial charge < -0.3 is 20.3 Å². The predicted octanol–water partition coefficient (Wildman–Crippen LogP) is 2.70. The molecular formula is C18H25NO3. The van der Waals surface area contributed by atoms with Crippen LogP contribution in [0.25, 0.3) is 0 Å². The molecule has 2 rings (SSSR count). The third-order valence-corrected chi connectivity index (χ3v) is 2.99. The maximum Gasteiger partial charge on any atom is 0.119 e. The van der Waals surface area contributed by atoms with E-state index in [4.69, 9.17) is 20.3 Å². The second kappa shape index (κ2) is 9.82. The molecule has 120 valence electrons. The number of benzene rings is 2. The van der Waals surface area contributed by atoms with Gasteiger partial charge in [-0.2, -0.15) is 0 Å². The maximum absolute atomic E-state index is 9.15. The van der Waals surface area contributed by atoms with E-state index in [0.29, 0.717) is 5.75 Å². The lowest BCUT2D eigenvalue weighted by Gasteiger charge is -2.10. The average Bonchev–Trinajstić information content (AvgIpc) is 2.56. The molecule has 0 aliphatic carbocycles. The Labute approximate surface area is 132 Å². The van der Waals surface area contributed by atoms with Gasteiger partial charge in [0.15, 0.2) is 0 Å². The number of hydrogen-bond acceptors (Lipinski definition) is 4. The molecule has 0 aliphatic heterocycles. The number of methoxy groups -OCH3 is 1. The molecule has 0 saturated carbocycles. The van der Waals surface area contributed by atoms with E-state index in [-0.39, 0.29) is 13.2 Å². The summed E-state index contributed by atoms with van der Waals surface area (Å²) in [5, 5.41) is 9.15. The van der Waals surface area contributed by atoms with Gasteiger partial charge in [-0.05, 0) is 38.1 Å². The van der Waals surface area contributed by atoms with Crippen molar-refractivity contribution in [3.63, 3.8) is 0 Å². The maximum atomic E-state index is 9.15. The van der Waals surface area contributed by atoms with Gasteiger partial charge in [-0.3, -0.25) is 0 Å². The molecule has 0 aliphatic rings. The minimum Gasteiger partial charge on any atom is -0.497 e. The summed E-state index contributed by atoms with van der Waals surface area (Å²) in [4.78, 5) is 0. The van der Waals surface area contributed by atoms with Crippen LogP contribution in [0.3, 0.4) is 0 Å². The van der Waals surface area contributed by atoms with Crippen LogP contribution in [0.1, 0.15) is 11.1 Å². The fourth-order valence-corrected chi connectivity index (χ4v) is 1.57. The molecule has 0 radical (unpaired) electrons. The van der Waals surface area contributed by atoms with E-state index in [2.05, 4.69) is 38.1 Å². The van der Waals surface area contributed by atoms with Crippen LogP contribution in [-0.2, 0) is 0 Å². The molecule has 4 heteroatoms. The van der Waals surface area contributed by atoms with E-state index in [0.717, 1.165) is 5.75 Å². The number of aliphatic hydroxyl groups excluding tert-OH is 1. The molecule has 0 spiro atoms. The summed E-state index contributed by atoms with van der Waals surface area (Å²) in [7, 11) is 1.61. The summed E-state index contributed by atoms with van der Waals surface area (Å²) in [5.74, 6) is 1.47. The lowest BCUT2D eigenvalue weighted by Crippen LogP contribution is -2.26. The summed E-state index contributed by atoms with van der Waals surface area (Å²) >= 11 is 0. The van der Waals surface area contributed by atoms with Crippen LogP contribution in [0.15, 0.2) is 48.5 Å². The zero-order valence-corrected chi connectivity index (χ0v) is 13.5. The van der Waals surface area contributed by atoms with Crippen LogP contribution in [0.4, 0.5) is 0 Å². The highest BCUT2D eigenvalue weighted by Gasteiger charge is 2.01. The monoisotopic (exact) mass is 303 g/mol. The number of hydrogen-bond donors (Lipinski definition) is 2. The van der Waals surface area contributed by atoms with Gasteiger partial charge in [-0.1, -0.05) is 35.4 Å². The topological polar surface area (TPSA) is 64.7 Å². The molecule has 0 saturated heterocycles. The van der Waals surface area contributed by atoms with Crippen LogP contribution >= 0.6 is 0 Å². The van der Waals surface area contributed by atoms with E-state index in [1.807, 2.05) is 0 Å². The van der Waals surface area contributed by atoms with Gasteiger partial charge in [-0.25, -0.2) is 0 Å². The quantitative estimate of drug-likeness (QED) is 0.891. The van der Waals surface area contributed by atoms with E-state index >= 15 is 0 Å². The smallest absolute Gasteiger partial charge is 0.119 e. The van der Waals surface area contributed by atoms with Gasteiger partial charge in [0.1, 0.15) is 24.2 Å². The molecular weight excluding hydrogens is 278 g/mol. The van der Waals surface area contributed by atoms with Crippen molar-refractivity contribution >= 4 is 0 Å². The summed E-state index contributed by atoms with van der Waals surface area (Å²) in [6.45, 7) is 4.61. The normalized spacial score (nSPS) is 11.1. The molecule has 1 unspecified atom stereocenters. The molecule has 2 aromatic carbocycles. The minimum atomic E-state index is -0.614. The van der Waals surface area contributed by atoms with Gasteiger partial charge >= 0.3 is 0 Å².